The second kappa shape index (κ2) is 9.09. The predicted octanol–water partition coefficient (Wildman–Crippen LogP) is 4.72. The smallest absolute Gasteiger partial charge is 0.237 e. The predicted molar refractivity (Wildman–Crippen MR) is 127 cm³/mol. The summed E-state index contributed by atoms with van der Waals surface area (Å²) in [5.41, 5.74) is 1.69. The summed E-state index contributed by atoms with van der Waals surface area (Å²) in [5, 5.41) is 15.2. The minimum Gasteiger partial charge on any atom is -0.438 e. The number of carbonyl (C=O) groups excluding carboxylic acids is 2. The maximum Gasteiger partial charge on any atom is 0.237 e. The molecule has 0 unspecified atom stereocenters. The van der Waals surface area contributed by atoms with Crippen LogP contribution in [0.25, 0.3) is 0 Å². The normalized spacial score (nSPS) is 26.5. The fraction of sp³-hybridized carbons (Fsp3) is 0.481. The average molecular weight is 459 g/mol. The van der Waals surface area contributed by atoms with E-state index < -0.39 is 0 Å². The number of carbonyl (C=O) groups is 2. The fourth-order valence-electron chi connectivity index (χ4n) is 6.59. The highest BCUT2D eigenvalue weighted by atomic mass is 16.5. The Morgan fingerprint density at radius 2 is 1.85 bits per heavy atom. The number of benzene rings is 1. The Morgan fingerprint density at radius 3 is 2.50 bits per heavy atom. The summed E-state index contributed by atoms with van der Waals surface area (Å²) in [6.07, 6.45) is 8.80. The van der Waals surface area contributed by atoms with Gasteiger partial charge < -0.3 is 15.4 Å². The van der Waals surface area contributed by atoms with Crippen molar-refractivity contribution in [1.29, 1.82) is 5.26 Å². The lowest BCUT2D eigenvalue weighted by atomic mass is 9.49. The van der Waals surface area contributed by atoms with Gasteiger partial charge in [-0.15, -0.1) is 0 Å². The summed E-state index contributed by atoms with van der Waals surface area (Å²) < 4.78 is 5.74. The topological polar surface area (TPSA) is 104 Å². The number of hydrogen-bond acceptors (Lipinski definition) is 5. The van der Waals surface area contributed by atoms with Gasteiger partial charge in [-0.05, 0) is 99.1 Å². The van der Waals surface area contributed by atoms with Crippen LogP contribution >= 0.6 is 0 Å². The van der Waals surface area contributed by atoms with Crippen LogP contribution in [-0.4, -0.2) is 23.3 Å². The lowest BCUT2D eigenvalue weighted by molar-refractivity contribution is -0.146. The third-order valence-corrected chi connectivity index (χ3v) is 7.74. The highest BCUT2D eigenvalue weighted by molar-refractivity contribution is 5.92. The summed E-state index contributed by atoms with van der Waals surface area (Å²) in [5.74, 6) is 2.96. The molecular weight excluding hydrogens is 428 g/mol. The number of hydrogen-bond donors (Lipinski definition) is 2. The maximum absolute atomic E-state index is 13.0. The molecule has 1 aromatic heterocycles. The van der Waals surface area contributed by atoms with Gasteiger partial charge in [-0.1, -0.05) is 0 Å². The monoisotopic (exact) mass is 458 g/mol. The molecule has 34 heavy (non-hydrogen) atoms. The maximum atomic E-state index is 13.0. The van der Waals surface area contributed by atoms with Crippen molar-refractivity contribution in [3.63, 3.8) is 0 Å². The molecule has 0 aliphatic heterocycles. The van der Waals surface area contributed by atoms with E-state index in [0.717, 1.165) is 42.6 Å². The van der Waals surface area contributed by atoms with Crippen LogP contribution in [0.15, 0.2) is 36.5 Å². The lowest BCUT2D eigenvalue weighted by Gasteiger charge is -2.55. The van der Waals surface area contributed by atoms with E-state index in [2.05, 4.69) is 21.7 Å². The number of pyridine rings is 1. The van der Waals surface area contributed by atoms with Crippen LogP contribution in [0, 0.1) is 41.4 Å². The number of aryl methyl sites for hydroxylation is 1. The van der Waals surface area contributed by atoms with Gasteiger partial charge in [0.05, 0.1) is 0 Å². The summed E-state index contributed by atoms with van der Waals surface area (Å²) >= 11 is 0. The average Bonchev–Trinajstić information content (AvgIpc) is 2.80. The van der Waals surface area contributed by atoms with Crippen LogP contribution < -0.4 is 15.4 Å². The number of nitriles is 1. The van der Waals surface area contributed by atoms with E-state index in [1.807, 2.05) is 6.92 Å². The van der Waals surface area contributed by atoms with Crippen molar-refractivity contribution in [2.45, 2.75) is 51.9 Å². The van der Waals surface area contributed by atoms with Gasteiger partial charge >= 0.3 is 0 Å². The summed E-state index contributed by atoms with van der Waals surface area (Å²) in [6, 6.07) is 10.7. The molecule has 176 valence electrons. The minimum absolute atomic E-state index is 0.140. The SMILES string of the molecule is Cc1cc(Oc2ncccc2C#N)ccc1NC(=O)CCNC(=O)C12CC3CC(CC(C3)C1)C2. The third kappa shape index (κ3) is 4.50. The van der Waals surface area contributed by atoms with Crippen LogP contribution in [0.5, 0.6) is 11.6 Å². The van der Waals surface area contributed by atoms with Crippen molar-refractivity contribution in [1.82, 2.24) is 10.3 Å². The van der Waals surface area contributed by atoms with Gasteiger partial charge in [0, 0.05) is 30.3 Å². The first kappa shape index (κ1) is 22.4. The summed E-state index contributed by atoms with van der Waals surface area (Å²) in [7, 11) is 0. The van der Waals surface area contributed by atoms with Crippen molar-refractivity contribution in [3.05, 3.63) is 47.7 Å². The first-order valence-corrected chi connectivity index (χ1v) is 12.2. The van der Waals surface area contributed by atoms with Crippen molar-refractivity contribution in [2.75, 3.05) is 11.9 Å². The largest absolute Gasteiger partial charge is 0.438 e. The minimum atomic E-state index is -0.184. The molecule has 4 bridgehead atoms. The van der Waals surface area contributed by atoms with Gasteiger partial charge in [0.15, 0.2) is 0 Å². The van der Waals surface area contributed by atoms with E-state index in [-0.39, 0.29) is 29.5 Å². The third-order valence-electron chi connectivity index (χ3n) is 7.74. The molecule has 7 nitrogen and oxygen atoms in total. The highest BCUT2D eigenvalue weighted by Crippen LogP contribution is 2.60. The van der Waals surface area contributed by atoms with E-state index in [0.29, 0.717) is 23.5 Å². The fourth-order valence-corrected chi connectivity index (χ4v) is 6.59. The molecule has 4 saturated carbocycles. The molecule has 0 saturated heterocycles. The van der Waals surface area contributed by atoms with Crippen LogP contribution in [0.2, 0.25) is 0 Å². The van der Waals surface area contributed by atoms with Gasteiger partial charge in [-0.2, -0.15) is 5.26 Å². The van der Waals surface area contributed by atoms with Crippen molar-refractivity contribution >= 4 is 17.5 Å². The Labute approximate surface area is 199 Å². The van der Waals surface area contributed by atoms with Gasteiger partial charge in [0.2, 0.25) is 17.7 Å². The zero-order valence-electron chi connectivity index (χ0n) is 19.5. The first-order valence-electron chi connectivity index (χ1n) is 12.2. The molecule has 2 aromatic rings. The molecule has 4 fully saturated rings. The Morgan fingerprint density at radius 1 is 1.15 bits per heavy atom. The van der Waals surface area contributed by atoms with Crippen molar-refractivity contribution in [3.8, 4) is 17.7 Å². The molecule has 1 aromatic carbocycles. The van der Waals surface area contributed by atoms with E-state index in [1.54, 1.807) is 36.5 Å². The van der Waals surface area contributed by atoms with Crippen LogP contribution in [-0.2, 0) is 9.59 Å². The molecule has 0 spiro atoms. The van der Waals surface area contributed by atoms with Gasteiger partial charge in [0.25, 0.3) is 0 Å². The Hall–Kier alpha value is -3.40. The number of anilines is 1. The Balaban J connectivity index is 1.12. The Kier molecular flexibility index (Phi) is 5.99. The number of nitrogens with zero attached hydrogens (tertiary/aromatic N) is 2. The van der Waals surface area contributed by atoms with Crippen LogP contribution in [0.1, 0.15) is 56.1 Å². The quantitative estimate of drug-likeness (QED) is 0.625. The molecule has 1 heterocycles. The lowest BCUT2D eigenvalue weighted by Crippen LogP contribution is -2.53. The summed E-state index contributed by atoms with van der Waals surface area (Å²) in [4.78, 5) is 29.7. The van der Waals surface area contributed by atoms with Crippen LogP contribution in [0.3, 0.4) is 0 Å². The second-order valence-electron chi connectivity index (χ2n) is 10.3. The number of ether oxygens (including phenoxy) is 1. The highest BCUT2D eigenvalue weighted by Gasteiger charge is 2.54. The molecule has 0 radical (unpaired) electrons. The van der Waals surface area contributed by atoms with Gasteiger partial charge in [-0.25, -0.2) is 4.98 Å². The molecule has 6 rings (SSSR count). The van der Waals surface area contributed by atoms with Crippen molar-refractivity contribution < 1.29 is 14.3 Å². The number of aromatic nitrogens is 1. The van der Waals surface area contributed by atoms with Crippen LogP contribution in [0.4, 0.5) is 5.69 Å². The first-order chi connectivity index (χ1) is 16.4. The number of rotatable bonds is 7. The zero-order valence-corrected chi connectivity index (χ0v) is 19.5. The second-order valence-corrected chi connectivity index (χ2v) is 10.3. The van der Waals surface area contributed by atoms with E-state index in [1.165, 1.54) is 19.3 Å². The Bertz CT molecular complexity index is 1120. The van der Waals surface area contributed by atoms with E-state index in [4.69, 9.17) is 4.74 Å². The molecule has 4 aliphatic rings. The standard InChI is InChI=1S/C27H30N4O3/c1-17-9-22(34-25-21(16-28)3-2-7-29-25)4-5-23(17)31-24(32)6-8-30-26(33)27-13-18-10-19(14-27)12-20(11-18)15-27/h2-5,7,9,18-20H,6,8,10-15H2,1H3,(H,30,33)(H,31,32). The van der Waals surface area contributed by atoms with E-state index in [9.17, 15) is 14.9 Å². The number of amides is 2. The molecule has 4 aliphatic carbocycles. The molecule has 7 heteroatoms. The van der Waals surface area contributed by atoms with Crippen molar-refractivity contribution in [2.24, 2.45) is 23.2 Å². The summed E-state index contributed by atoms with van der Waals surface area (Å²) in [6.45, 7) is 2.23. The van der Waals surface area contributed by atoms with Gasteiger partial charge in [0.1, 0.15) is 17.4 Å². The molecule has 0 atom stereocenters. The molecule has 2 amide bonds. The molecule has 2 N–H and O–H groups in total. The molecular formula is C27H30N4O3. The number of nitrogens with one attached hydrogen (secondary N) is 2. The zero-order chi connectivity index (χ0) is 23.7. The van der Waals surface area contributed by atoms with E-state index >= 15 is 0 Å². The van der Waals surface area contributed by atoms with Gasteiger partial charge in [-0.3, -0.25) is 9.59 Å².